The zero-order valence-electron chi connectivity index (χ0n) is 16.1. The van der Waals surface area contributed by atoms with Gasteiger partial charge in [0.05, 0.1) is 24.6 Å². The average molecular weight is 380 g/mol. The first-order chi connectivity index (χ1) is 12.9. The first-order valence-electron chi connectivity index (χ1n) is 9.15. The normalized spacial score (nSPS) is 18.3. The van der Waals surface area contributed by atoms with E-state index in [-0.39, 0.29) is 25.1 Å². The number of ether oxygens (including phenoxy) is 3. The number of esters is 1. The molecule has 0 aromatic heterocycles. The summed E-state index contributed by atoms with van der Waals surface area (Å²) in [5.74, 6) is -0.0295. The molecule has 0 bridgehead atoms. The van der Waals surface area contributed by atoms with Crippen molar-refractivity contribution in [3.8, 4) is 5.75 Å². The van der Waals surface area contributed by atoms with Crippen molar-refractivity contribution in [2.24, 2.45) is 0 Å². The zero-order chi connectivity index (χ0) is 20.0. The fourth-order valence-electron chi connectivity index (χ4n) is 3.34. The Hall–Kier alpha value is -2.48. The van der Waals surface area contributed by atoms with Crippen molar-refractivity contribution in [1.82, 2.24) is 0 Å². The van der Waals surface area contributed by atoms with Crippen LogP contribution in [0.5, 0.6) is 5.75 Å². The zero-order valence-corrected chi connectivity index (χ0v) is 16.1. The SMILES string of the molecule is CCCCOC(=O)C1(CC)Cc2cc(OCCOC)cc(N)c2N1C(=O)O. The number of nitrogens with zero attached hydrogens (tertiary/aromatic N) is 1. The number of carbonyl (C=O) groups is 2. The third kappa shape index (κ3) is 4.10. The Kier molecular flexibility index (Phi) is 6.90. The van der Waals surface area contributed by atoms with E-state index in [0.717, 1.165) is 17.7 Å². The summed E-state index contributed by atoms with van der Waals surface area (Å²) in [6, 6.07) is 3.30. The number of unbranched alkanes of at least 4 members (excludes halogenated alkanes) is 1. The molecule has 1 atom stereocenters. The molecule has 1 aromatic carbocycles. The summed E-state index contributed by atoms with van der Waals surface area (Å²) in [4.78, 5) is 25.9. The quantitative estimate of drug-likeness (QED) is 0.385. The Morgan fingerprint density at radius 1 is 1.26 bits per heavy atom. The number of anilines is 2. The van der Waals surface area contributed by atoms with E-state index in [1.165, 1.54) is 0 Å². The minimum atomic E-state index is -1.32. The molecular weight excluding hydrogens is 352 g/mol. The van der Waals surface area contributed by atoms with Crippen LogP contribution < -0.4 is 15.4 Å². The molecule has 0 saturated heterocycles. The van der Waals surface area contributed by atoms with Crippen LogP contribution in [0.15, 0.2) is 12.1 Å². The van der Waals surface area contributed by atoms with Gasteiger partial charge < -0.3 is 25.1 Å². The second kappa shape index (κ2) is 8.94. The summed E-state index contributed by atoms with van der Waals surface area (Å²) in [6.45, 7) is 4.79. The molecule has 150 valence electrons. The number of carboxylic acid groups (broad SMARTS) is 1. The summed E-state index contributed by atoms with van der Waals surface area (Å²) in [6.07, 6.45) is 0.845. The highest BCUT2D eigenvalue weighted by molar-refractivity contribution is 6.04. The average Bonchev–Trinajstić information content (AvgIpc) is 2.98. The van der Waals surface area contributed by atoms with Crippen molar-refractivity contribution < 1.29 is 28.9 Å². The fraction of sp³-hybridized carbons (Fsp3) is 0.579. The molecule has 0 radical (unpaired) electrons. The number of amides is 1. The molecule has 27 heavy (non-hydrogen) atoms. The highest BCUT2D eigenvalue weighted by Gasteiger charge is 2.53. The summed E-state index contributed by atoms with van der Waals surface area (Å²) in [5.41, 5.74) is 6.05. The molecule has 1 unspecified atom stereocenters. The Bertz CT molecular complexity index is 693. The van der Waals surface area contributed by atoms with Crippen molar-refractivity contribution in [2.75, 3.05) is 37.6 Å². The van der Waals surface area contributed by atoms with Crippen LogP contribution in [0, 0.1) is 0 Å². The largest absolute Gasteiger partial charge is 0.491 e. The highest BCUT2D eigenvalue weighted by atomic mass is 16.5. The van der Waals surface area contributed by atoms with Crippen molar-refractivity contribution in [2.45, 2.75) is 45.1 Å². The minimum Gasteiger partial charge on any atom is -0.491 e. The second-order valence-electron chi connectivity index (χ2n) is 6.53. The predicted octanol–water partition coefficient (Wildman–Crippen LogP) is 2.83. The standard InChI is InChI=1S/C19H28N2O6/c1-4-6-7-27-17(22)19(5-2)12-13-10-14(26-9-8-25-3)11-15(20)16(13)21(19)18(23)24/h10-11H,4-9,12,20H2,1-3H3,(H,23,24). The fourth-order valence-corrected chi connectivity index (χ4v) is 3.34. The Morgan fingerprint density at radius 2 is 2.00 bits per heavy atom. The van der Waals surface area contributed by atoms with Gasteiger partial charge in [-0.25, -0.2) is 9.59 Å². The van der Waals surface area contributed by atoms with Crippen LogP contribution in [0.25, 0.3) is 0 Å². The molecule has 3 N–H and O–H groups in total. The van der Waals surface area contributed by atoms with E-state index in [2.05, 4.69) is 0 Å². The van der Waals surface area contributed by atoms with Gasteiger partial charge in [-0.1, -0.05) is 20.3 Å². The van der Waals surface area contributed by atoms with Gasteiger partial charge in [-0.2, -0.15) is 0 Å². The topological polar surface area (TPSA) is 111 Å². The van der Waals surface area contributed by atoms with Gasteiger partial charge >= 0.3 is 12.1 Å². The number of nitrogen functional groups attached to an aromatic ring is 1. The highest BCUT2D eigenvalue weighted by Crippen LogP contribution is 2.46. The number of hydrogen-bond donors (Lipinski definition) is 2. The molecule has 1 aromatic rings. The first-order valence-corrected chi connectivity index (χ1v) is 9.15. The van der Waals surface area contributed by atoms with Gasteiger partial charge in [-0.3, -0.25) is 4.90 Å². The first kappa shape index (κ1) is 20.8. The molecule has 1 aliphatic heterocycles. The van der Waals surface area contributed by atoms with Gasteiger partial charge in [0.25, 0.3) is 0 Å². The molecule has 0 spiro atoms. The summed E-state index contributed by atoms with van der Waals surface area (Å²) in [5, 5.41) is 9.83. The Morgan fingerprint density at radius 3 is 2.59 bits per heavy atom. The van der Waals surface area contributed by atoms with Crippen LogP contribution in [0.2, 0.25) is 0 Å². The van der Waals surface area contributed by atoms with Crippen LogP contribution in [-0.2, 0) is 20.7 Å². The molecule has 8 heteroatoms. The number of nitrogens with two attached hydrogens (primary N) is 1. The maximum atomic E-state index is 12.8. The number of methoxy groups -OCH3 is 1. The van der Waals surface area contributed by atoms with Gasteiger partial charge in [-0.05, 0) is 24.5 Å². The van der Waals surface area contributed by atoms with Crippen molar-refractivity contribution in [3.05, 3.63) is 17.7 Å². The molecular formula is C19H28N2O6. The van der Waals surface area contributed by atoms with Crippen LogP contribution in [0.1, 0.15) is 38.7 Å². The van der Waals surface area contributed by atoms with E-state index < -0.39 is 17.6 Å². The van der Waals surface area contributed by atoms with Crippen LogP contribution in [0.3, 0.4) is 0 Å². The summed E-state index contributed by atoms with van der Waals surface area (Å²) in [7, 11) is 1.57. The summed E-state index contributed by atoms with van der Waals surface area (Å²) < 4.78 is 16.0. The smallest absolute Gasteiger partial charge is 0.412 e. The van der Waals surface area contributed by atoms with E-state index >= 15 is 0 Å². The molecule has 8 nitrogen and oxygen atoms in total. The van der Waals surface area contributed by atoms with Crippen molar-refractivity contribution in [3.63, 3.8) is 0 Å². The molecule has 0 aliphatic carbocycles. The maximum Gasteiger partial charge on any atom is 0.412 e. The lowest BCUT2D eigenvalue weighted by Gasteiger charge is -2.34. The molecule has 1 amide bonds. The monoisotopic (exact) mass is 380 g/mol. The third-order valence-electron chi connectivity index (χ3n) is 4.77. The van der Waals surface area contributed by atoms with Crippen LogP contribution >= 0.6 is 0 Å². The van der Waals surface area contributed by atoms with E-state index in [1.807, 2.05) is 6.92 Å². The molecule has 0 fully saturated rings. The van der Waals surface area contributed by atoms with E-state index in [4.69, 9.17) is 19.9 Å². The van der Waals surface area contributed by atoms with Crippen molar-refractivity contribution in [1.29, 1.82) is 0 Å². The number of carbonyl (C=O) groups excluding carboxylic acids is 1. The number of fused-ring (bicyclic) bond motifs is 1. The predicted molar refractivity (Wildman–Crippen MR) is 101 cm³/mol. The molecule has 1 heterocycles. The van der Waals surface area contributed by atoms with Crippen molar-refractivity contribution >= 4 is 23.4 Å². The lowest BCUT2D eigenvalue weighted by molar-refractivity contribution is -0.150. The van der Waals surface area contributed by atoms with Gasteiger partial charge in [0.15, 0.2) is 5.54 Å². The van der Waals surface area contributed by atoms with Gasteiger partial charge in [-0.15, -0.1) is 0 Å². The molecule has 1 aliphatic rings. The Labute approximate surface area is 159 Å². The number of hydrogen-bond acceptors (Lipinski definition) is 6. The molecule has 2 rings (SSSR count). The third-order valence-corrected chi connectivity index (χ3v) is 4.77. The van der Waals surface area contributed by atoms with E-state index in [1.54, 1.807) is 26.2 Å². The maximum absolute atomic E-state index is 12.8. The number of benzene rings is 1. The summed E-state index contributed by atoms with van der Waals surface area (Å²) >= 11 is 0. The lowest BCUT2D eigenvalue weighted by atomic mass is 9.91. The van der Waals surface area contributed by atoms with Gasteiger partial charge in [0.1, 0.15) is 12.4 Å². The van der Waals surface area contributed by atoms with Gasteiger partial charge in [0, 0.05) is 19.6 Å². The van der Waals surface area contributed by atoms with Crippen LogP contribution in [0.4, 0.5) is 16.2 Å². The van der Waals surface area contributed by atoms with E-state index in [0.29, 0.717) is 30.2 Å². The lowest BCUT2D eigenvalue weighted by Crippen LogP contribution is -2.56. The Balaban J connectivity index is 2.38. The van der Waals surface area contributed by atoms with Crippen LogP contribution in [-0.4, -0.2) is 49.6 Å². The number of rotatable bonds is 9. The second-order valence-corrected chi connectivity index (χ2v) is 6.53. The van der Waals surface area contributed by atoms with Gasteiger partial charge in [0.2, 0.25) is 0 Å². The van der Waals surface area contributed by atoms with E-state index in [9.17, 15) is 14.7 Å². The minimum absolute atomic E-state index is 0.196. The molecule has 0 saturated carbocycles.